The molecule has 124 valence electrons. The van der Waals surface area contributed by atoms with E-state index in [1.165, 1.54) is 6.26 Å². The quantitative estimate of drug-likeness (QED) is 0.867. The molecule has 6 nitrogen and oxygen atoms in total. The Bertz CT molecular complexity index is 763. The van der Waals surface area contributed by atoms with Crippen LogP contribution in [0.4, 0.5) is 0 Å². The number of aromatic nitrogens is 2. The van der Waals surface area contributed by atoms with E-state index in [9.17, 15) is 10.1 Å². The van der Waals surface area contributed by atoms with Gasteiger partial charge in [-0.25, -0.2) is 0 Å². The summed E-state index contributed by atoms with van der Waals surface area (Å²) in [5.41, 5.74) is 1.11. The average Bonchev–Trinajstić information content (AvgIpc) is 3.12. The van der Waals surface area contributed by atoms with Gasteiger partial charge in [-0.15, -0.1) is 0 Å². The summed E-state index contributed by atoms with van der Waals surface area (Å²) in [7, 11) is 0. The number of nitrogens with zero attached hydrogens (tertiary/aromatic N) is 4. The van der Waals surface area contributed by atoms with Gasteiger partial charge in [0.05, 0.1) is 17.5 Å². The summed E-state index contributed by atoms with van der Waals surface area (Å²) in [6, 6.07) is 7.96. The zero-order valence-corrected chi connectivity index (χ0v) is 13.9. The van der Waals surface area contributed by atoms with Crippen molar-refractivity contribution in [1.29, 1.82) is 5.26 Å². The first-order valence-electron chi connectivity index (χ1n) is 8.14. The van der Waals surface area contributed by atoms with Crippen LogP contribution < -0.4 is 0 Å². The second kappa shape index (κ2) is 6.44. The van der Waals surface area contributed by atoms with Crippen molar-refractivity contribution in [1.82, 2.24) is 15.0 Å². The molecule has 1 fully saturated rings. The Hall–Kier alpha value is -2.68. The van der Waals surface area contributed by atoms with Crippen LogP contribution >= 0.6 is 0 Å². The number of pyridine rings is 1. The van der Waals surface area contributed by atoms with Gasteiger partial charge in [0.15, 0.2) is 0 Å². The molecule has 0 spiro atoms. The number of likely N-dealkylation sites (tertiary alicyclic amines) is 1. The topological polar surface area (TPSA) is 83.0 Å². The lowest BCUT2D eigenvalue weighted by molar-refractivity contribution is 0.0671. The van der Waals surface area contributed by atoms with Crippen molar-refractivity contribution in [3.63, 3.8) is 0 Å². The molecule has 0 aliphatic carbocycles. The van der Waals surface area contributed by atoms with Gasteiger partial charge in [0.1, 0.15) is 17.2 Å². The maximum absolute atomic E-state index is 12.9. The fourth-order valence-electron chi connectivity index (χ4n) is 3.22. The van der Waals surface area contributed by atoms with Gasteiger partial charge in [-0.3, -0.25) is 9.78 Å². The molecular formula is C18H20N4O2. The third kappa shape index (κ3) is 2.78. The van der Waals surface area contributed by atoms with Crippen LogP contribution in [0, 0.1) is 11.3 Å². The van der Waals surface area contributed by atoms with E-state index in [1.807, 2.05) is 32.0 Å². The molecule has 1 amide bonds. The van der Waals surface area contributed by atoms with Gasteiger partial charge in [-0.2, -0.15) is 5.26 Å². The zero-order valence-electron chi connectivity index (χ0n) is 13.9. The number of hydrogen-bond acceptors (Lipinski definition) is 5. The largest absolute Gasteiger partial charge is 0.364 e. The Morgan fingerprint density at radius 3 is 2.96 bits per heavy atom. The summed E-state index contributed by atoms with van der Waals surface area (Å²) in [5, 5.41) is 13.8. The summed E-state index contributed by atoms with van der Waals surface area (Å²) >= 11 is 0. The van der Waals surface area contributed by atoms with Crippen molar-refractivity contribution < 1.29 is 9.32 Å². The standard InChI is InChI=1S/C18H20N4O2/c1-13(2)16-14(10-24-21-16)17(23)22-9-5-7-18(11-19,12-22)15-6-3-4-8-20-15/h3-4,6,8,10,13H,5,7,9,12H2,1-2H3. The Kier molecular flexibility index (Phi) is 4.34. The van der Waals surface area contributed by atoms with Crippen LogP contribution in [0.1, 0.15) is 54.4 Å². The first-order chi connectivity index (χ1) is 11.6. The third-order valence-corrected chi connectivity index (χ3v) is 4.52. The van der Waals surface area contributed by atoms with Crippen LogP contribution in [-0.4, -0.2) is 34.0 Å². The van der Waals surface area contributed by atoms with Gasteiger partial charge >= 0.3 is 0 Å². The molecule has 1 saturated heterocycles. The Labute approximate surface area is 141 Å². The number of amides is 1. The molecule has 6 heteroatoms. The van der Waals surface area contributed by atoms with Crippen LogP contribution in [0.5, 0.6) is 0 Å². The monoisotopic (exact) mass is 324 g/mol. The predicted octanol–water partition coefficient (Wildman–Crippen LogP) is 2.89. The van der Waals surface area contributed by atoms with Crippen molar-refractivity contribution in [2.75, 3.05) is 13.1 Å². The van der Waals surface area contributed by atoms with Gasteiger partial charge in [-0.05, 0) is 30.9 Å². The maximum Gasteiger partial charge on any atom is 0.259 e. The highest BCUT2D eigenvalue weighted by molar-refractivity contribution is 5.95. The number of carbonyl (C=O) groups is 1. The molecule has 1 aliphatic heterocycles. The number of piperidine rings is 1. The summed E-state index contributed by atoms with van der Waals surface area (Å²) in [6.45, 7) is 4.90. The number of hydrogen-bond donors (Lipinski definition) is 0. The molecule has 1 atom stereocenters. The van der Waals surface area contributed by atoms with Gasteiger partial charge in [0, 0.05) is 19.3 Å². The molecule has 0 N–H and O–H groups in total. The third-order valence-electron chi connectivity index (χ3n) is 4.52. The number of carbonyl (C=O) groups excluding carboxylic acids is 1. The van der Waals surface area contributed by atoms with E-state index in [0.717, 1.165) is 12.1 Å². The van der Waals surface area contributed by atoms with Gasteiger partial charge in [-0.1, -0.05) is 25.1 Å². The summed E-state index contributed by atoms with van der Waals surface area (Å²) in [6.07, 6.45) is 4.55. The van der Waals surface area contributed by atoms with Crippen molar-refractivity contribution in [2.45, 2.75) is 38.0 Å². The fourth-order valence-corrected chi connectivity index (χ4v) is 3.22. The van der Waals surface area contributed by atoms with Crippen molar-refractivity contribution >= 4 is 5.91 Å². The minimum absolute atomic E-state index is 0.101. The lowest BCUT2D eigenvalue weighted by Crippen LogP contribution is -2.48. The highest BCUT2D eigenvalue weighted by Crippen LogP contribution is 2.33. The van der Waals surface area contributed by atoms with E-state index in [2.05, 4.69) is 16.2 Å². The molecule has 1 unspecified atom stereocenters. The predicted molar refractivity (Wildman–Crippen MR) is 87.3 cm³/mol. The molecule has 0 bridgehead atoms. The van der Waals surface area contributed by atoms with Gasteiger partial charge in [0.25, 0.3) is 5.91 Å². The summed E-state index contributed by atoms with van der Waals surface area (Å²) in [5.74, 6) is -0.0285. The maximum atomic E-state index is 12.9. The highest BCUT2D eigenvalue weighted by atomic mass is 16.5. The fraction of sp³-hybridized carbons (Fsp3) is 0.444. The lowest BCUT2D eigenvalue weighted by Gasteiger charge is -2.37. The molecule has 3 rings (SSSR count). The highest BCUT2D eigenvalue weighted by Gasteiger charge is 2.41. The minimum Gasteiger partial charge on any atom is -0.364 e. The Morgan fingerprint density at radius 1 is 1.46 bits per heavy atom. The lowest BCUT2D eigenvalue weighted by atomic mass is 9.78. The van der Waals surface area contributed by atoms with Crippen molar-refractivity contribution in [2.24, 2.45) is 0 Å². The van der Waals surface area contributed by atoms with Crippen LogP contribution in [0.3, 0.4) is 0 Å². The molecule has 0 saturated carbocycles. The zero-order chi connectivity index (χ0) is 17.2. The van der Waals surface area contributed by atoms with E-state index in [-0.39, 0.29) is 11.8 Å². The normalized spacial score (nSPS) is 20.8. The van der Waals surface area contributed by atoms with Crippen LogP contribution in [0.15, 0.2) is 35.2 Å². The smallest absolute Gasteiger partial charge is 0.259 e. The molecule has 3 heterocycles. The molecular weight excluding hydrogens is 304 g/mol. The van der Waals surface area contributed by atoms with Crippen LogP contribution in [0.25, 0.3) is 0 Å². The number of nitriles is 1. The Balaban J connectivity index is 1.89. The van der Waals surface area contributed by atoms with E-state index < -0.39 is 5.41 Å². The SMILES string of the molecule is CC(C)c1nocc1C(=O)N1CCCC(C#N)(c2ccccn2)C1. The second-order valence-corrected chi connectivity index (χ2v) is 6.51. The van der Waals surface area contributed by atoms with E-state index in [4.69, 9.17) is 4.52 Å². The molecule has 0 radical (unpaired) electrons. The van der Waals surface area contributed by atoms with Crippen LogP contribution in [0.2, 0.25) is 0 Å². The second-order valence-electron chi connectivity index (χ2n) is 6.51. The van der Waals surface area contributed by atoms with E-state index in [1.54, 1.807) is 11.1 Å². The van der Waals surface area contributed by atoms with Crippen LogP contribution in [-0.2, 0) is 5.41 Å². The molecule has 1 aliphatic rings. The molecule has 0 aromatic carbocycles. The first-order valence-corrected chi connectivity index (χ1v) is 8.14. The number of rotatable bonds is 3. The minimum atomic E-state index is -0.760. The molecule has 2 aromatic rings. The van der Waals surface area contributed by atoms with Gasteiger partial charge < -0.3 is 9.42 Å². The summed E-state index contributed by atoms with van der Waals surface area (Å²) in [4.78, 5) is 19.0. The average molecular weight is 324 g/mol. The van der Waals surface area contributed by atoms with E-state index in [0.29, 0.717) is 30.8 Å². The first kappa shape index (κ1) is 16.2. The summed E-state index contributed by atoms with van der Waals surface area (Å²) < 4.78 is 5.01. The molecule has 2 aromatic heterocycles. The van der Waals surface area contributed by atoms with Gasteiger partial charge in [0.2, 0.25) is 0 Å². The Morgan fingerprint density at radius 2 is 2.29 bits per heavy atom. The van der Waals surface area contributed by atoms with E-state index >= 15 is 0 Å². The van der Waals surface area contributed by atoms with Crippen molar-refractivity contribution in [3.05, 3.63) is 47.6 Å². The molecule has 24 heavy (non-hydrogen) atoms. The van der Waals surface area contributed by atoms with Crippen molar-refractivity contribution in [3.8, 4) is 6.07 Å².